The molecule has 6 heteroatoms. The average Bonchev–Trinajstić information content (AvgIpc) is 3.26. The molecule has 0 rings (SSSR count). The molecule has 0 bridgehead atoms. The molecule has 0 aromatic rings. The van der Waals surface area contributed by atoms with E-state index in [0.29, 0.717) is 12.8 Å². The zero-order valence-electron chi connectivity index (χ0n) is 38.6. The molecule has 0 amide bonds. The Kier molecular flexibility index (Phi) is 44.7. The van der Waals surface area contributed by atoms with Gasteiger partial charge in [-0.2, -0.15) is 0 Å². The number of rotatable bonds is 40. The molecule has 0 saturated carbocycles. The minimum absolute atomic E-state index is 0.132. The zero-order chi connectivity index (χ0) is 44.4. The third-order valence-corrected chi connectivity index (χ3v) is 9.36. The van der Waals surface area contributed by atoms with Crippen LogP contribution in [0.15, 0.2) is 134 Å². The van der Waals surface area contributed by atoms with E-state index in [1.54, 1.807) is 0 Å². The predicted molar refractivity (Wildman–Crippen MR) is 260 cm³/mol. The number of hydrogen-bond donors (Lipinski definition) is 0. The van der Waals surface area contributed by atoms with E-state index in [1.165, 1.54) is 38.5 Å². The van der Waals surface area contributed by atoms with Crippen LogP contribution in [0.5, 0.6) is 0 Å². The zero-order valence-corrected chi connectivity index (χ0v) is 38.6. The van der Waals surface area contributed by atoms with E-state index >= 15 is 0 Å². The average molecular weight is 841 g/mol. The fourth-order valence-corrected chi connectivity index (χ4v) is 5.82. The van der Waals surface area contributed by atoms with E-state index in [0.717, 1.165) is 83.5 Å². The lowest BCUT2D eigenvalue weighted by molar-refractivity contribution is -0.166. The molecule has 0 aliphatic heterocycles. The highest BCUT2D eigenvalue weighted by molar-refractivity contribution is 5.71. The van der Waals surface area contributed by atoms with Crippen molar-refractivity contribution in [3.63, 3.8) is 0 Å². The largest absolute Gasteiger partial charge is 0.462 e. The van der Waals surface area contributed by atoms with Gasteiger partial charge in [0.15, 0.2) is 6.10 Å². The smallest absolute Gasteiger partial charge is 0.306 e. The van der Waals surface area contributed by atoms with E-state index in [2.05, 4.69) is 75.5 Å². The molecule has 61 heavy (non-hydrogen) atoms. The summed E-state index contributed by atoms with van der Waals surface area (Å²) >= 11 is 0. The first-order valence-electron chi connectivity index (χ1n) is 23.8. The number of allylic oxidation sites excluding steroid dienone is 22. The van der Waals surface area contributed by atoms with Crippen molar-refractivity contribution in [2.75, 3.05) is 13.2 Å². The second-order valence-electron chi connectivity index (χ2n) is 15.1. The van der Waals surface area contributed by atoms with Gasteiger partial charge in [0.25, 0.3) is 0 Å². The minimum Gasteiger partial charge on any atom is -0.462 e. The van der Waals surface area contributed by atoms with Gasteiger partial charge in [-0.05, 0) is 77.0 Å². The Bertz CT molecular complexity index is 1380. The minimum atomic E-state index is -0.834. The standard InChI is InChI=1S/C55H84O6/c1-4-7-10-13-16-19-22-25-27-30-33-36-39-42-45-48-54(57)60-51-52(50-59-53(56)47-44-41-38-35-32-29-24-21-18-15-12-9-6-3)61-55(58)49-46-43-40-37-34-31-28-26-23-20-17-14-11-8-5-2/h7-8,10-11,13-14,16-17,19-20,22-23,25-30,32-33,38,41,52H,4-6,9,12,15,18,21,24,31,34-37,39-40,42-51H2,1-3H3/b10-7+,11-8+,16-13+,17-14+,22-19+,23-20+,27-25+,28-26+,32-29+,33-30+,41-38+. The molecule has 0 heterocycles. The van der Waals surface area contributed by atoms with Gasteiger partial charge in [0.2, 0.25) is 0 Å². The van der Waals surface area contributed by atoms with Crippen molar-refractivity contribution in [3.05, 3.63) is 134 Å². The molecule has 0 spiro atoms. The first kappa shape index (κ1) is 56.5. The molecule has 0 aromatic carbocycles. The van der Waals surface area contributed by atoms with E-state index in [4.69, 9.17) is 14.2 Å². The summed E-state index contributed by atoms with van der Waals surface area (Å²) in [4.78, 5) is 37.8. The third kappa shape index (κ3) is 46.5. The lowest BCUT2D eigenvalue weighted by Crippen LogP contribution is -2.30. The lowest BCUT2D eigenvalue weighted by atomic mass is 10.1. The highest BCUT2D eigenvalue weighted by atomic mass is 16.6. The summed E-state index contributed by atoms with van der Waals surface area (Å²) in [6.45, 7) is 6.20. The molecule has 0 N–H and O–H groups in total. The Morgan fingerprint density at radius 3 is 1.25 bits per heavy atom. The number of ether oxygens (including phenoxy) is 3. The quantitative estimate of drug-likeness (QED) is 0.0201. The Balaban J connectivity index is 4.62. The monoisotopic (exact) mass is 841 g/mol. The SMILES string of the molecule is CC/C=C/C=C/C=C/C=C/C=C/CCCCCC(=O)OCC(COC(=O)CC/C=C/C/C=C/CCCCCCCC)OC(=O)CCCCCCC/C=C/C=C/C=C/C=C/CC. The van der Waals surface area contributed by atoms with Crippen molar-refractivity contribution in [2.24, 2.45) is 0 Å². The first-order chi connectivity index (χ1) is 30.0. The van der Waals surface area contributed by atoms with E-state index in [1.807, 2.05) is 79.0 Å². The van der Waals surface area contributed by atoms with Crippen molar-refractivity contribution >= 4 is 17.9 Å². The van der Waals surface area contributed by atoms with Gasteiger partial charge in [0.05, 0.1) is 0 Å². The van der Waals surface area contributed by atoms with Crippen molar-refractivity contribution in [2.45, 2.75) is 181 Å². The van der Waals surface area contributed by atoms with Crippen molar-refractivity contribution in [1.82, 2.24) is 0 Å². The maximum Gasteiger partial charge on any atom is 0.306 e. The molecular formula is C55H84O6. The van der Waals surface area contributed by atoms with Crippen LogP contribution in [0.25, 0.3) is 0 Å². The lowest BCUT2D eigenvalue weighted by Gasteiger charge is -2.18. The molecule has 0 aliphatic carbocycles. The summed E-state index contributed by atoms with van der Waals surface area (Å²) in [6.07, 6.45) is 67.3. The number of unbranched alkanes of at least 4 members (excludes halogenated alkanes) is 14. The Morgan fingerprint density at radius 2 is 0.738 bits per heavy atom. The second kappa shape index (κ2) is 48.2. The highest BCUT2D eigenvalue weighted by Gasteiger charge is 2.19. The first-order valence-corrected chi connectivity index (χ1v) is 23.8. The molecule has 6 nitrogen and oxygen atoms in total. The van der Waals surface area contributed by atoms with Crippen LogP contribution in [0.2, 0.25) is 0 Å². The van der Waals surface area contributed by atoms with Gasteiger partial charge in [-0.25, -0.2) is 0 Å². The number of carbonyl (C=O) groups excluding carboxylic acids is 3. The second-order valence-corrected chi connectivity index (χ2v) is 15.1. The van der Waals surface area contributed by atoms with E-state index < -0.39 is 6.10 Å². The normalized spacial score (nSPS) is 13.3. The van der Waals surface area contributed by atoms with Gasteiger partial charge < -0.3 is 14.2 Å². The maximum atomic E-state index is 12.8. The summed E-state index contributed by atoms with van der Waals surface area (Å²) < 4.78 is 16.6. The van der Waals surface area contributed by atoms with Crippen LogP contribution in [-0.4, -0.2) is 37.2 Å². The fourth-order valence-electron chi connectivity index (χ4n) is 5.82. The van der Waals surface area contributed by atoms with Crippen LogP contribution in [-0.2, 0) is 28.6 Å². The molecule has 1 unspecified atom stereocenters. The topological polar surface area (TPSA) is 78.9 Å². The Labute approximate surface area is 373 Å². The van der Waals surface area contributed by atoms with Crippen LogP contribution >= 0.6 is 0 Å². The molecular weight excluding hydrogens is 757 g/mol. The molecule has 0 radical (unpaired) electrons. The van der Waals surface area contributed by atoms with Gasteiger partial charge >= 0.3 is 17.9 Å². The summed E-state index contributed by atoms with van der Waals surface area (Å²) in [6, 6.07) is 0. The van der Waals surface area contributed by atoms with Gasteiger partial charge in [-0.15, -0.1) is 0 Å². The van der Waals surface area contributed by atoms with Gasteiger partial charge in [0.1, 0.15) is 13.2 Å². The number of carbonyl (C=O) groups is 3. The van der Waals surface area contributed by atoms with Crippen molar-refractivity contribution < 1.29 is 28.6 Å². The van der Waals surface area contributed by atoms with E-state index in [-0.39, 0.29) is 50.4 Å². The summed E-state index contributed by atoms with van der Waals surface area (Å²) in [5.41, 5.74) is 0. The Hall–Kier alpha value is -4.45. The summed E-state index contributed by atoms with van der Waals surface area (Å²) in [5.74, 6) is -1.08. The van der Waals surface area contributed by atoms with Crippen LogP contribution in [0.3, 0.4) is 0 Å². The van der Waals surface area contributed by atoms with Crippen LogP contribution in [0.1, 0.15) is 175 Å². The maximum absolute atomic E-state index is 12.8. The van der Waals surface area contributed by atoms with Crippen molar-refractivity contribution in [1.29, 1.82) is 0 Å². The predicted octanol–water partition coefficient (Wildman–Crippen LogP) is 15.5. The van der Waals surface area contributed by atoms with Gasteiger partial charge in [-0.3, -0.25) is 14.4 Å². The van der Waals surface area contributed by atoms with E-state index in [9.17, 15) is 14.4 Å². The molecule has 1 atom stereocenters. The summed E-state index contributed by atoms with van der Waals surface area (Å²) in [5, 5.41) is 0. The molecule has 0 aromatic heterocycles. The molecule has 0 aliphatic rings. The fraction of sp³-hybridized carbons (Fsp3) is 0.545. The third-order valence-electron chi connectivity index (χ3n) is 9.36. The molecule has 0 saturated heterocycles. The molecule has 340 valence electrons. The van der Waals surface area contributed by atoms with Crippen molar-refractivity contribution in [3.8, 4) is 0 Å². The summed E-state index contributed by atoms with van der Waals surface area (Å²) in [7, 11) is 0. The van der Waals surface area contributed by atoms with Crippen LogP contribution < -0.4 is 0 Å². The van der Waals surface area contributed by atoms with Gasteiger partial charge in [0, 0.05) is 19.3 Å². The van der Waals surface area contributed by atoms with Crippen LogP contribution in [0, 0.1) is 0 Å². The molecule has 0 fully saturated rings. The Morgan fingerprint density at radius 1 is 0.361 bits per heavy atom. The highest BCUT2D eigenvalue weighted by Crippen LogP contribution is 2.11. The number of hydrogen-bond acceptors (Lipinski definition) is 6. The number of esters is 3. The van der Waals surface area contributed by atoms with Crippen LogP contribution in [0.4, 0.5) is 0 Å². The van der Waals surface area contributed by atoms with Gasteiger partial charge in [-0.1, -0.05) is 212 Å².